The second kappa shape index (κ2) is 7.82. The Kier molecular flexibility index (Phi) is 5.81. The predicted octanol–water partition coefficient (Wildman–Crippen LogP) is 2.78. The van der Waals surface area contributed by atoms with Gasteiger partial charge in [-0.25, -0.2) is 4.79 Å². The summed E-state index contributed by atoms with van der Waals surface area (Å²) in [4.78, 5) is 23.4. The van der Waals surface area contributed by atoms with Crippen molar-refractivity contribution < 1.29 is 18.7 Å². The molecule has 1 aromatic rings. The van der Waals surface area contributed by atoms with Crippen LogP contribution in [-0.4, -0.2) is 24.5 Å². The summed E-state index contributed by atoms with van der Waals surface area (Å²) < 4.78 is 9.98. The van der Waals surface area contributed by atoms with E-state index in [1.165, 1.54) is 24.8 Å². The van der Waals surface area contributed by atoms with E-state index in [0.29, 0.717) is 17.6 Å². The van der Waals surface area contributed by atoms with Gasteiger partial charge in [0.15, 0.2) is 6.61 Å². The molecule has 120 valence electrons. The van der Waals surface area contributed by atoms with Crippen LogP contribution >= 0.6 is 0 Å². The maximum atomic E-state index is 11.9. The van der Waals surface area contributed by atoms with Crippen LogP contribution in [0.3, 0.4) is 0 Å². The SMILES string of the molecule is C[C@@H]1[C@H](C)CCC[C@@H]1NC(=O)COC(=O)/C=C/c1ccco1. The van der Waals surface area contributed by atoms with Gasteiger partial charge in [-0.2, -0.15) is 0 Å². The van der Waals surface area contributed by atoms with Crippen LogP contribution in [-0.2, 0) is 14.3 Å². The molecule has 0 aromatic carbocycles. The zero-order valence-corrected chi connectivity index (χ0v) is 13.1. The minimum atomic E-state index is -0.559. The highest BCUT2D eigenvalue weighted by molar-refractivity contribution is 5.88. The van der Waals surface area contributed by atoms with Crippen molar-refractivity contribution in [1.29, 1.82) is 0 Å². The zero-order chi connectivity index (χ0) is 15.9. The molecule has 5 heteroatoms. The van der Waals surface area contributed by atoms with Crippen molar-refractivity contribution in [3.63, 3.8) is 0 Å². The molecule has 1 saturated carbocycles. The minimum absolute atomic E-state index is 0.175. The Balaban J connectivity index is 1.72. The quantitative estimate of drug-likeness (QED) is 0.671. The number of nitrogens with one attached hydrogen (secondary N) is 1. The number of hydrogen-bond donors (Lipinski definition) is 1. The molecule has 1 heterocycles. The first-order valence-corrected chi connectivity index (χ1v) is 7.74. The lowest BCUT2D eigenvalue weighted by Crippen LogP contribution is -2.45. The Morgan fingerprint density at radius 2 is 2.23 bits per heavy atom. The van der Waals surface area contributed by atoms with E-state index in [-0.39, 0.29) is 18.6 Å². The lowest BCUT2D eigenvalue weighted by atomic mass is 9.78. The number of ether oxygens (including phenoxy) is 1. The Labute approximate surface area is 130 Å². The third-order valence-electron chi connectivity index (χ3n) is 4.33. The minimum Gasteiger partial charge on any atom is -0.465 e. The second-order valence-corrected chi connectivity index (χ2v) is 5.90. The van der Waals surface area contributed by atoms with E-state index in [4.69, 9.17) is 9.15 Å². The summed E-state index contributed by atoms with van der Waals surface area (Å²) in [6.45, 7) is 4.12. The standard InChI is InChI=1S/C17H23NO4/c1-12-5-3-7-15(13(12)2)18-16(19)11-22-17(20)9-8-14-6-4-10-21-14/h4,6,8-10,12-13,15H,3,5,7,11H2,1-2H3,(H,18,19)/b9-8+/t12-,13-,15+/m1/s1. The van der Waals surface area contributed by atoms with Crippen molar-refractivity contribution in [2.45, 2.75) is 39.2 Å². The fourth-order valence-corrected chi connectivity index (χ4v) is 2.76. The molecular formula is C17H23NO4. The molecule has 0 aliphatic heterocycles. The third-order valence-corrected chi connectivity index (χ3v) is 4.33. The van der Waals surface area contributed by atoms with Gasteiger partial charge in [-0.1, -0.05) is 26.7 Å². The Morgan fingerprint density at radius 3 is 2.95 bits per heavy atom. The van der Waals surface area contributed by atoms with Gasteiger partial charge in [0, 0.05) is 12.1 Å². The Morgan fingerprint density at radius 1 is 1.41 bits per heavy atom. The van der Waals surface area contributed by atoms with Crippen molar-refractivity contribution in [1.82, 2.24) is 5.32 Å². The van der Waals surface area contributed by atoms with Gasteiger partial charge >= 0.3 is 5.97 Å². The number of rotatable bonds is 5. The van der Waals surface area contributed by atoms with Crippen molar-refractivity contribution in [3.8, 4) is 0 Å². The Bertz CT molecular complexity index is 521. The molecule has 2 rings (SSSR count). The van der Waals surface area contributed by atoms with E-state index in [2.05, 4.69) is 19.2 Å². The highest BCUT2D eigenvalue weighted by Crippen LogP contribution is 2.29. The smallest absolute Gasteiger partial charge is 0.331 e. The van der Waals surface area contributed by atoms with Crippen molar-refractivity contribution in [2.75, 3.05) is 6.61 Å². The van der Waals surface area contributed by atoms with Crippen LogP contribution in [0, 0.1) is 11.8 Å². The molecule has 1 N–H and O–H groups in total. The number of esters is 1. The normalized spacial score (nSPS) is 25.1. The molecule has 0 bridgehead atoms. The van der Waals surface area contributed by atoms with Crippen LogP contribution in [0.15, 0.2) is 28.9 Å². The molecule has 0 unspecified atom stereocenters. The summed E-state index contributed by atoms with van der Waals surface area (Å²) in [5.74, 6) is 0.818. The van der Waals surface area contributed by atoms with Crippen molar-refractivity contribution >= 4 is 18.0 Å². The lowest BCUT2D eigenvalue weighted by Gasteiger charge is -2.34. The van der Waals surface area contributed by atoms with E-state index < -0.39 is 5.97 Å². The zero-order valence-electron chi connectivity index (χ0n) is 13.1. The average molecular weight is 305 g/mol. The summed E-state index contributed by atoms with van der Waals surface area (Å²) in [6.07, 6.45) is 7.60. The average Bonchev–Trinajstić information content (AvgIpc) is 3.01. The largest absolute Gasteiger partial charge is 0.465 e. The fourth-order valence-electron chi connectivity index (χ4n) is 2.76. The van der Waals surface area contributed by atoms with Crippen LogP contribution in [0.2, 0.25) is 0 Å². The van der Waals surface area contributed by atoms with Gasteiger partial charge in [-0.15, -0.1) is 0 Å². The summed E-state index contributed by atoms with van der Waals surface area (Å²) in [5.41, 5.74) is 0. The summed E-state index contributed by atoms with van der Waals surface area (Å²) in [6, 6.07) is 3.63. The molecule has 3 atom stereocenters. The Hall–Kier alpha value is -2.04. The molecule has 1 aliphatic rings. The summed E-state index contributed by atoms with van der Waals surface area (Å²) >= 11 is 0. The van der Waals surface area contributed by atoms with Gasteiger partial charge < -0.3 is 14.5 Å². The summed E-state index contributed by atoms with van der Waals surface area (Å²) in [7, 11) is 0. The molecular weight excluding hydrogens is 282 g/mol. The van der Waals surface area contributed by atoms with E-state index in [0.717, 1.165) is 12.8 Å². The number of carbonyl (C=O) groups is 2. The second-order valence-electron chi connectivity index (χ2n) is 5.90. The van der Waals surface area contributed by atoms with Crippen LogP contribution in [0.4, 0.5) is 0 Å². The predicted molar refractivity (Wildman–Crippen MR) is 82.8 cm³/mol. The highest BCUT2D eigenvalue weighted by atomic mass is 16.5. The number of amides is 1. The lowest BCUT2D eigenvalue weighted by molar-refractivity contribution is -0.144. The first kappa shape index (κ1) is 16.3. The molecule has 22 heavy (non-hydrogen) atoms. The van der Waals surface area contributed by atoms with Crippen molar-refractivity contribution in [2.24, 2.45) is 11.8 Å². The van der Waals surface area contributed by atoms with E-state index in [1.807, 2.05) is 0 Å². The van der Waals surface area contributed by atoms with Crippen LogP contribution < -0.4 is 5.32 Å². The molecule has 5 nitrogen and oxygen atoms in total. The van der Waals surface area contributed by atoms with Crippen LogP contribution in [0.5, 0.6) is 0 Å². The maximum absolute atomic E-state index is 11.9. The van der Waals surface area contributed by atoms with Gasteiger partial charge in [0.1, 0.15) is 5.76 Å². The van der Waals surface area contributed by atoms with Crippen LogP contribution in [0.1, 0.15) is 38.9 Å². The molecule has 0 radical (unpaired) electrons. The van der Waals surface area contributed by atoms with Gasteiger partial charge in [0.05, 0.1) is 6.26 Å². The first-order chi connectivity index (χ1) is 10.6. The van der Waals surface area contributed by atoms with Crippen LogP contribution in [0.25, 0.3) is 6.08 Å². The van der Waals surface area contributed by atoms with Gasteiger partial charge in [0.2, 0.25) is 0 Å². The molecule has 1 amide bonds. The molecule has 1 fully saturated rings. The van der Waals surface area contributed by atoms with E-state index in [1.54, 1.807) is 12.1 Å². The number of carbonyl (C=O) groups excluding carboxylic acids is 2. The first-order valence-electron chi connectivity index (χ1n) is 7.74. The van der Waals surface area contributed by atoms with E-state index in [9.17, 15) is 9.59 Å². The molecule has 0 saturated heterocycles. The number of hydrogen-bond acceptors (Lipinski definition) is 4. The summed E-state index contributed by atoms with van der Waals surface area (Å²) in [5, 5.41) is 2.97. The monoisotopic (exact) mass is 305 g/mol. The molecule has 1 aliphatic carbocycles. The topological polar surface area (TPSA) is 68.5 Å². The highest BCUT2D eigenvalue weighted by Gasteiger charge is 2.28. The molecule has 0 spiro atoms. The van der Waals surface area contributed by atoms with Gasteiger partial charge in [0.25, 0.3) is 5.91 Å². The van der Waals surface area contributed by atoms with Gasteiger partial charge in [-0.05, 0) is 36.5 Å². The molecule has 1 aromatic heterocycles. The number of furan rings is 1. The fraction of sp³-hybridized carbons (Fsp3) is 0.529. The third kappa shape index (κ3) is 4.76. The maximum Gasteiger partial charge on any atom is 0.331 e. The van der Waals surface area contributed by atoms with Gasteiger partial charge in [-0.3, -0.25) is 4.79 Å². The van der Waals surface area contributed by atoms with E-state index >= 15 is 0 Å². The van der Waals surface area contributed by atoms with Crippen molar-refractivity contribution in [3.05, 3.63) is 30.2 Å².